The predicted molar refractivity (Wildman–Crippen MR) is 106 cm³/mol. The molecule has 0 atom stereocenters. The fourth-order valence-corrected chi connectivity index (χ4v) is 5.41. The van der Waals surface area contributed by atoms with Gasteiger partial charge in [0.15, 0.2) is 0 Å². The number of ether oxygens (including phenoxy) is 1. The molecule has 1 aliphatic rings. The van der Waals surface area contributed by atoms with Gasteiger partial charge in [-0.1, -0.05) is 6.07 Å². The molecule has 0 N–H and O–H groups in total. The fraction of sp³-hybridized carbons (Fsp3) is 0.650. The molecule has 10 heteroatoms. The molecule has 1 saturated heterocycles. The van der Waals surface area contributed by atoms with E-state index in [-0.39, 0.29) is 4.90 Å². The van der Waals surface area contributed by atoms with Gasteiger partial charge in [-0.05, 0) is 65.7 Å². The third-order valence-corrected chi connectivity index (χ3v) is 6.85. The molecule has 1 aliphatic heterocycles. The molecule has 0 bridgehead atoms. The van der Waals surface area contributed by atoms with Gasteiger partial charge in [-0.2, -0.15) is 17.5 Å². The summed E-state index contributed by atoms with van der Waals surface area (Å²) in [5.41, 5.74) is -1.64. The highest BCUT2D eigenvalue weighted by Crippen LogP contribution is 2.33. The van der Waals surface area contributed by atoms with Crippen molar-refractivity contribution in [3.8, 4) is 0 Å². The van der Waals surface area contributed by atoms with Gasteiger partial charge in [0.1, 0.15) is 5.60 Å². The molecule has 0 aliphatic carbocycles. The second kappa shape index (κ2) is 8.74. The molecule has 1 aromatic carbocycles. The van der Waals surface area contributed by atoms with Crippen LogP contribution < -0.4 is 0 Å². The molecule has 1 fully saturated rings. The quantitative estimate of drug-likeness (QED) is 0.677. The summed E-state index contributed by atoms with van der Waals surface area (Å²) in [5.74, 6) is 0. The molecule has 170 valence electrons. The van der Waals surface area contributed by atoms with Crippen LogP contribution in [0.15, 0.2) is 29.2 Å². The van der Waals surface area contributed by atoms with Gasteiger partial charge in [0.25, 0.3) is 0 Å². The van der Waals surface area contributed by atoms with E-state index in [2.05, 4.69) is 0 Å². The van der Waals surface area contributed by atoms with Crippen molar-refractivity contribution in [1.29, 1.82) is 0 Å². The maximum Gasteiger partial charge on any atom is 0.416 e. The minimum atomic E-state index is -4.63. The Morgan fingerprint density at radius 3 is 2.20 bits per heavy atom. The van der Waals surface area contributed by atoms with Crippen molar-refractivity contribution in [2.24, 2.45) is 0 Å². The Labute approximate surface area is 176 Å². The third-order valence-electron chi connectivity index (χ3n) is 4.72. The maximum atomic E-state index is 13.2. The number of rotatable bonds is 4. The Bertz CT molecular complexity index is 856. The Hall–Kier alpha value is -1.81. The lowest BCUT2D eigenvalue weighted by atomic mass is 10.0. The van der Waals surface area contributed by atoms with Gasteiger partial charge < -0.3 is 9.64 Å². The third kappa shape index (κ3) is 5.87. The van der Waals surface area contributed by atoms with Crippen molar-refractivity contribution in [1.82, 2.24) is 9.21 Å². The summed E-state index contributed by atoms with van der Waals surface area (Å²) in [6.45, 7) is 9.28. The number of carbonyl (C=O) groups excluding carboxylic acids is 1. The Morgan fingerprint density at radius 1 is 1.17 bits per heavy atom. The molecule has 1 heterocycles. The number of halogens is 3. The molecule has 0 spiro atoms. The van der Waals surface area contributed by atoms with Crippen LogP contribution in [0, 0.1) is 0 Å². The van der Waals surface area contributed by atoms with Crippen molar-refractivity contribution in [2.45, 2.75) is 76.2 Å². The number of hydrogen-bond acceptors (Lipinski definition) is 4. The van der Waals surface area contributed by atoms with E-state index < -0.39 is 45.5 Å². The van der Waals surface area contributed by atoms with Gasteiger partial charge in [-0.3, -0.25) is 0 Å². The second-order valence-corrected chi connectivity index (χ2v) is 10.5. The van der Waals surface area contributed by atoms with Crippen molar-refractivity contribution >= 4 is 16.1 Å². The van der Waals surface area contributed by atoms with Crippen LogP contribution in [0.1, 0.15) is 53.0 Å². The largest absolute Gasteiger partial charge is 0.444 e. The fourth-order valence-electron chi connectivity index (χ4n) is 3.48. The van der Waals surface area contributed by atoms with Crippen LogP contribution in [-0.2, 0) is 20.9 Å². The van der Waals surface area contributed by atoms with E-state index in [0.717, 1.165) is 12.1 Å². The molecule has 6 nitrogen and oxygen atoms in total. The number of carbonyl (C=O) groups is 1. The summed E-state index contributed by atoms with van der Waals surface area (Å²) in [7, 11) is -4.15. The van der Waals surface area contributed by atoms with E-state index in [9.17, 15) is 26.4 Å². The molecular weight excluding hydrogens is 421 g/mol. The Balaban J connectivity index is 2.22. The van der Waals surface area contributed by atoms with Gasteiger partial charge in [0.2, 0.25) is 10.0 Å². The summed E-state index contributed by atoms with van der Waals surface area (Å²) in [6.07, 6.45) is -4.35. The lowest BCUT2D eigenvalue weighted by Gasteiger charge is -2.39. The highest BCUT2D eigenvalue weighted by molar-refractivity contribution is 7.89. The molecule has 30 heavy (non-hydrogen) atoms. The first kappa shape index (κ1) is 24.5. The van der Waals surface area contributed by atoms with Crippen LogP contribution in [0.5, 0.6) is 0 Å². The Morgan fingerprint density at radius 2 is 1.73 bits per heavy atom. The van der Waals surface area contributed by atoms with Crippen LogP contribution >= 0.6 is 0 Å². The average molecular weight is 451 g/mol. The zero-order chi connectivity index (χ0) is 22.9. The first-order valence-corrected chi connectivity index (χ1v) is 11.3. The van der Waals surface area contributed by atoms with E-state index in [0.29, 0.717) is 32.0 Å². The zero-order valence-corrected chi connectivity index (χ0v) is 18.7. The lowest BCUT2D eigenvalue weighted by Crippen LogP contribution is -2.51. The summed E-state index contributed by atoms with van der Waals surface area (Å²) in [5, 5.41) is 0. The Kier molecular flexibility index (Phi) is 7.13. The summed E-state index contributed by atoms with van der Waals surface area (Å²) >= 11 is 0. The van der Waals surface area contributed by atoms with Crippen LogP contribution in [0.4, 0.5) is 18.0 Å². The number of nitrogens with zero attached hydrogens (tertiary/aromatic N) is 2. The molecule has 0 radical (unpaired) electrons. The van der Waals surface area contributed by atoms with Gasteiger partial charge in [-0.25, -0.2) is 13.2 Å². The number of alkyl halides is 3. The SMILES string of the molecule is CC(C)N(C1CCN(C(=O)OC(C)(C)C)CC1)S(=O)(=O)c1cccc(C(F)(F)F)c1. The highest BCUT2D eigenvalue weighted by atomic mass is 32.2. The molecule has 0 aromatic heterocycles. The minimum absolute atomic E-state index is 0.306. The van der Waals surface area contributed by atoms with Crippen LogP contribution in [0.3, 0.4) is 0 Å². The molecule has 2 rings (SSSR count). The molecular formula is C20H29F3N2O4S. The van der Waals surface area contributed by atoms with Crippen molar-refractivity contribution < 1.29 is 31.1 Å². The van der Waals surface area contributed by atoms with Crippen molar-refractivity contribution in [3.05, 3.63) is 29.8 Å². The number of amides is 1. The van der Waals surface area contributed by atoms with Gasteiger partial charge in [0, 0.05) is 25.2 Å². The highest BCUT2D eigenvalue weighted by Gasteiger charge is 2.38. The number of likely N-dealkylation sites (tertiary alicyclic amines) is 1. The first-order valence-electron chi connectivity index (χ1n) is 9.81. The molecule has 0 saturated carbocycles. The normalized spacial score (nSPS) is 16.9. The average Bonchev–Trinajstić information content (AvgIpc) is 2.60. The second-order valence-electron chi connectivity index (χ2n) is 8.65. The van der Waals surface area contributed by atoms with Crippen molar-refractivity contribution in [2.75, 3.05) is 13.1 Å². The van der Waals surface area contributed by atoms with E-state index >= 15 is 0 Å². The summed E-state index contributed by atoms with van der Waals surface area (Å²) < 4.78 is 72.2. The molecule has 1 aromatic rings. The topological polar surface area (TPSA) is 66.9 Å². The molecule has 0 unspecified atom stereocenters. The van der Waals surface area contributed by atoms with Crippen LogP contribution in [-0.4, -0.2) is 54.5 Å². The number of hydrogen-bond donors (Lipinski definition) is 0. The van der Waals surface area contributed by atoms with Crippen molar-refractivity contribution in [3.63, 3.8) is 0 Å². The number of sulfonamides is 1. The first-order chi connectivity index (χ1) is 13.6. The van der Waals surface area contributed by atoms with E-state index in [1.54, 1.807) is 34.6 Å². The lowest BCUT2D eigenvalue weighted by molar-refractivity contribution is -0.137. The maximum absolute atomic E-state index is 13.2. The van der Waals surface area contributed by atoms with E-state index in [4.69, 9.17) is 4.74 Å². The molecule has 1 amide bonds. The van der Waals surface area contributed by atoms with Gasteiger partial charge in [0.05, 0.1) is 10.5 Å². The standard InChI is InChI=1S/C20H29F3N2O4S/c1-14(2)25(16-9-11-24(12-10-16)18(26)29-19(3,4)5)30(27,28)17-8-6-7-15(13-17)20(21,22)23/h6-8,13-14,16H,9-12H2,1-5H3. The monoisotopic (exact) mass is 450 g/mol. The van der Waals surface area contributed by atoms with Crippen LogP contribution in [0.2, 0.25) is 0 Å². The van der Waals surface area contributed by atoms with E-state index in [1.807, 2.05) is 0 Å². The van der Waals surface area contributed by atoms with E-state index in [1.165, 1.54) is 15.3 Å². The van der Waals surface area contributed by atoms with Gasteiger partial charge >= 0.3 is 12.3 Å². The smallest absolute Gasteiger partial charge is 0.416 e. The number of benzene rings is 1. The number of piperidine rings is 1. The zero-order valence-electron chi connectivity index (χ0n) is 17.9. The van der Waals surface area contributed by atoms with Crippen LogP contribution in [0.25, 0.3) is 0 Å². The summed E-state index contributed by atoms with van der Waals surface area (Å²) in [6, 6.07) is 2.90. The van der Waals surface area contributed by atoms with Gasteiger partial charge in [-0.15, -0.1) is 0 Å². The minimum Gasteiger partial charge on any atom is -0.444 e. The predicted octanol–water partition coefficient (Wildman–Crippen LogP) is 4.50. The summed E-state index contributed by atoms with van der Waals surface area (Å²) in [4.78, 5) is 13.4.